The van der Waals surface area contributed by atoms with Crippen LogP contribution in [0.15, 0.2) is 11.6 Å². The number of allylic oxidation sites excluding steroid dienone is 2. The van der Waals surface area contributed by atoms with Crippen LogP contribution in [0.1, 0.15) is 92.9 Å². The second-order valence-electron chi connectivity index (χ2n) is 14.9. The molecule has 0 radical (unpaired) electrons. The van der Waals surface area contributed by atoms with Gasteiger partial charge < -0.3 is 25.5 Å². The van der Waals surface area contributed by atoms with E-state index in [2.05, 4.69) is 40.7 Å². The van der Waals surface area contributed by atoms with Crippen LogP contribution < -0.4 is 0 Å². The first-order valence-corrected chi connectivity index (χ1v) is 14.1. The molecule has 0 aromatic carbocycles. The molecular formula is C30H46O7. The molecule has 5 aliphatic rings. The Hall–Kier alpha value is -1.44. The van der Waals surface area contributed by atoms with Gasteiger partial charge in [-0.3, -0.25) is 9.59 Å². The highest BCUT2D eigenvalue weighted by atomic mass is 16.4. The van der Waals surface area contributed by atoms with Gasteiger partial charge in [0.15, 0.2) is 0 Å². The van der Waals surface area contributed by atoms with Crippen molar-refractivity contribution in [1.29, 1.82) is 0 Å². The van der Waals surface area contributed by atoms with E-state index in [1.165, 1.54) is 0 Å². The van der Waals surface area contributed by atoms with E-state index in [1.807, 2.05) is 0 Å². The van der Waals surface area contributed by atoms with Crippen LogP contribution in [0.3, 0.4) is 0 Å². The van der Waals surface area contributed by atoms with Crippen molar-refractivity contribution in [3.8, 4) is 0 Å². The average molecular weight is 519 g/mol. The second-order valence-corrected chi connectivity index (χ2v) is 14.9. The number of carboxylic acids is 2. The molecule has 0 aliphatic heterocycles. The number of aliphatic carboxylic acids is 2. The Kier molecular flexibility index (Phi) is 5.73. The van der Waals surface area contributed by atoms with Crippen LogP contribution in [-0.2, 0) is 9.59 Å². The Morgan fingerprint density at radius 1 is 0.811 bits per heavy atom. The molecular weight excluding hydrogens is 472 g/mol. The number of fused-ring (bicyclic) bond motifs is 7. The highest BCUT2D eigenvalue weighted by Crippen LogP contribution is 2.75. The lowest BCUT2D eigenvalue weighted by molar-refractivity contribution is -0.246. The van der Waals surface area contributed by atoms with Gasteiger partial charge in [0.05, 0.1) is 29.1 Å². The van der Waals surface area contributed by atoms with Crippen LogP contribution in [0.2, 0.25) is 0 Å². The minimum atomic E-state index is -1.42. The molecule has 5 rings (SSSR count). The molecule has 0 bridgehead atoms. The topological polar surface area (TPSA) is 135 Å². The molecule has 0 heterocycles. The van der Waals surface area contributed by atoms with E-state index >= 15 is 0 Å². The number of rotatable bonds is 2. The van der Waals surface area contributed by atoms with E-state index in [4.69, 9.17) is 0 Å². The van der Waals surface area contributed by atoms with Crippen LogP contribution in [0.5, 0.6) is 0 Å². The summed E-state index contributed by atoms with van der Waals surface area (Å²) in [6, 6.07) is 0. The van der Waals surface area contributed by atoms with Crippen LogP contribution >= 0.6 is 0 Å². The Morgan fingerprint density at radius 3 is 2.05 bits per heavy atom. The predicted octanol–water partition coefficient (Wildman–Crippen LogP) is 4.24. The fourth-order valence-corrected chi connectivity index (χ4v) is 10.6. The first-order valence-electron chi connectivity index (χ1n) is 14.1. The molecule has 0 saturated heterocycles. The molecule has 37 heavy (non-hydrogen) atoms. The molecule has 0 amide bonds. The lowest BCUT2D eigenvalue weighted by atomic mass is 9.33. The van der Waals surface area contributed by atoms with Crippen molar-refractivity contribution in [2.75, 3.05) is 0 Å². The van der Waals surface area contributed by atoms with Crippen molar-refractivity contribution in [1.82, 2.24) is 0 Å². The van der Waals surface area contributed by atoms with Gasteiger partial charge in [-0.25, -0.2) is 0 Å². The summed E-state index contributed by atoms with van der Waals surface area (Å²) in [6.07, 6.45) is 3.80. The summed E-state index contributed by atoms with van der Waals surface area (Å²) < 4.78 is 0. The summed E-state index contributed by atoms with van der Waals surface area (Å²) in [4.78, 5) is 25.1. The standard InChI is InChI=1S/C30H46O7/c1-25(2)19-13-21(32)29(6)18(26(19,3)10-9-20(25)31)8-7-16-17-14-27(4,23(34)35)22(33)15-30(17,24(36)37)12-11-28(16,29)5/h7,17-22,31-33H,8-15H2,1-6H3,(H,34,35)(H,36,37)/t17-,18+,19-,20-,21-,22-,26+,27-,28+,29-,30+/m0/s1. The van der Waals surface area contributed by atoms with Crippen LogP contribution in [0.4, 0.5) is 0 Å². The fraction of sp³-hybridized carbons (Fsp3) is 0.867. The molecule has 7 heteroatoms. The maximum Gasteiger partial charge on any atom is 0.312 e. The Balaban J connectivity index is 1.65. The maximum absolute atomic E-state index is 12.8. The first-order chi connectivity index (χ1) is 16.9. The zero-order valence-corrected chi connectivity index (χ0v) is 23.3. The van der Waals surface area contributed by atoms with Gasteiger partial charge in [-0.05, 0) is 92.3 Å². The molecule has 208 valence electrons. The zero-order valence-electron chi connectivity index (χ0n) is 23.3. The summed E-state index contributed by atoms with van der Waals surface area (Å²) in [5.74, 6) is -2.24. The van der Waals surface area contributed by atoms with E-state index in [1.54, 1.807) is 6.92 Å². The van der Waals surface area contributed by atoms with Gasteiger partial charge in [-0.1, -0.05) is 46.3 Å². The number of carboxylic acid groups (broad SMARTS) is 2. The van der Waals surface area contributed by atoms with Crippen molar-refractivity contribution < 1.29 is 35.1 Å². The first kappa shape index (κ1) is 27.1. The number of carbonyl (C=O) groups is 2. The largest absolute Gasteiger partial charge is 0.481 e. The third kappa shape index (κ3) is 3.05. The van der Waals surface area contributed by atoms with Crippen LogP contribution in [0.25, 0.3) is 0 Å². The minimum Gasteiger partial charge on any atom is -0.481 e. The molecule has 11 atom stereocenters. The Labute approximate surface area is 220 Å². The quantitative estimate of drug-likeness (QED) is 0.345. The third-order valence-corrected chi connectivity index (χ3v) is 13.5. The summed E-state index contributed by atoms with van der Waals surface area (Å²) in [5, 5.41) is 54.3. The zero-order chi connectivity index (χ0) is 27.6. The molecule has 4 fully saturated rings. The van der Waals surface area contributed by atoms with Gasteiger partial charge >= 0.3 is 11.9 Å². The van der Waals surface area contributed by atoms with E-state index in [0.717, 1.165) is 18.4 Å². The van der Waals surface area contributed by atoms with Crippen molar-refractivity contribution in [2.24, 2.45) is 50.2 Å². The Bertz CT molecular complexity index is 1050. The maximum atomic E-state index is 12.8. The molecule has 0 aromatic rings. The van der Waals surface area contributed by atoms with E-state index < -0.39 is 57.8 Å². The van der Waals surface area contributed by atoms with Crippen molar-refractivity contribution in [2.45, 2.75) is 111 Å². The highest BCUT2D eigenvalue weighted by Gasteiger charge is 2.72. The van der Waals surface area contributed by atoms with Crippen LogP contribution in [0, 0.1) is 50.2 Å². The molecule has 0 aromatic heterocycles. The normalized spacial score (nSPS) is 54.6. The molecule has 0 unspecified atom stereocenters. The van der Waals surface area contributed by atoms with Gasteiger partial charge in [0.25, 0.3) is 0 Å². The molecule has 5 aliphatic carbocycles. The fourth-order valence-electron chi connectivity index (χ4n) is 10.6. The van der Waals surface area contributed by atoms with E-state index in [9.17, 15) is 35.1 Å². The van der Waals surface area contributed by atoms with Gasteiger partial charge in [0.1, 0.15) is 0 Å². The summed E-state index contributed by atoms with van der Waals surface area (Å²) in [7, 11) is 0. The summed E-state index contributed by atoms with van der Waals surface area (Å²) >= 11 is 0. The van der Waals surface area contributed by atoms with E-state index in [-0.39, 0.29) is 35.5 Å². The van der Waals surface area contributed by atoms with Crippen molar-refractivity contribution in [3.05, 3.63) is 11.6 Å². The second kappa shape index (κ2) is 7.82. The minimum absolute atomic E-state index is 0.0716. The summed E-state index contributed by atoms with van der Waals surface area (Å²) in [6.45, 7) is 12.5. The highest BCUT2D eigenvalue weighted by molar-refractivity contribution is 5.80. The van der Waals surface area contributed by atoms with Crippen molar-refractivity contribution >= 4 is 11.9 Å². The summed E-state index contributed by atoms with van der Waals surface area (Å²) in [5.41, 5.74) is -3.04. The van der Waals surface area contributed by atoms with E-state index in [0.29, 0.717) is 25.7 Å². The number of hydrogen-bond acceptors (Lipinski definition) is 5. The van der Waals surface area contributed by atoms with Gasteiger partial charge in [-0.15, -0.1) is 0 Å². The molecule has 0 spiro atoms. The molecule has 7 nitrogen and oxygen atoms in total. The average Bonchev–Trinajstić information content (AvgIpc) is 2.80. The lowest BCUT2D eigenvalue weighted by Gasteiger charge is -2.72. The number of aliphatic hydroxyl groups excluding tert-OH is 3. The SMILES string of the molecule is CC1(C)[C@@H](O)CC[C@]2(C)[C@H]3CC=C4[C@@H]5C[C@](C)(C(=O)O)[C@@H](O)C[C@]5(C(=O)O)CC[C@@]4(C)[C@]3(C)[C@@H](O)C[C@@H]12. The monoisotopic (exact) mass is 518 g/mol. The van der Waals surface area contributed by atoms with Gasteiger partial charge in [0, 0.05) is 5.41 Å². The van der Waals surface area contributed by atoms with Gasteiger partial charge in [0.2, 0.25) is 0 Å². The predicted molar refractivity (Wildman–Crippen MR) is 137 cm³/mol. The van der Waals surface area contributed by atoms with Crippen molar-refractivity contribution in [3.63, 3.8) is 0 Å². The van der Waals surface area contributed by atoms with Gasteiger partial charge in [-0.2, -0.15) is 0 Å². The third-order valence-electron chi connectivity index (χ3n) is 13.5. The van der Waals surface area contributed by atoms with Crippen LogP contribution in [-0.4, -0.2) is 55.8 Å². The molecule has 4 saturated carbocycles. The number of aliphatic hydroxyl groups is 3. The smallest absolute Gasteiger partial charge is 0.312 e. The molecule has 5 N–H and O–H groups in total. The lowest BCUT2D eigenvalue weighted by Crippen LogP contribution is -2.69. The number of hydrogen-bond donors (Lipinski definition) is 5. The Morgan fingerprint density at radius 2 is 1.46 bits per heavy atom.